The predicted octanol–water partition coefficient (Wildman–Crippen LogP) is 1.57. The molecule has 0 radical (unpaired) electrons. The van der Waals surface area contributed by atoms with Gasteiger partial charge in [0.2, 0.25) is 0 Å². The number of likely N-dealkylation sites (N-methyl/N-ethyl adjacent to an activating group) is 1. The van der Waals surface area contributed by atoms with Crippen molar-refractivity contribution in [1.29, 1.82) is 0 Å². The van der Waals surface area contributed by atoms with Gasteiger partial charge in [-0.1, -0.05) is 0 Å². The Balaban J connectivity index is 2.13. The molecule has 2 N–H and O–H groups in total. The zero-order chi connectivity index (χ0) is 14.0. The van der Waals surface area contributed by atoms with Crippen molar-refractivity contribution in [3.8, 4) is 0 Å². The summed E-state index contributed by atoms with van der Waals surface area (Å²) in [5, 5.41) is 4.42. The SMILES string of the molecule is CC1OCCC1N(C)C(CN)c1cnn(C(C)C)c1. The van der Waals surface area contributed by atoms with Crippen LogP contribution in [0.1, 0.15) is 44.8 Å². The highest BCUT2D eigenvalue weighted by molar-refractivity contribution is 5.12. The maximum Gasteiger partial charge on any atom is 0.0703 e. The van der Waals surface area contributed by atoms with Gasteiger partial charge in [-0.25, -0.2) is 0 Å². The van der Waals surface area contributed by atoms with Crippen molar-refractivity contribution in [3.05, 3.63) is 18.0 Å². The van der Waals surface area contributed by atoms with Gasteiger partial charge in [0.15, 0.2) is 0 Å². The molecule has 2 rings (SSSR count). The molecule has 1 fully saturated rings. The smallest absolute Gasteiger partial charge is 0.0703 e. The second-order valence-electron chi connectivity index (χ2n) is 5.70. The number of nitrogens with two attached hydrogens (primary N) is 1. The van der Waals surface area contributed by atoms with Crippen LogP contribution in [0.25, 0.3) is 0 Å². The van der Waals surface area contributed by atoms with Gasteiger partial charge in [-0.15, -0.1) is 0 Å². The summed E-state index contributed by atoms with van der Waals surface area (Å²) < 4.78 is 7.64. The van der Waals surface area contributed by atoms with E-state index in [1.54, 1.807) is 0 Å². The van der Waals surface area contributed by atoms with Crippen LogP contribution in [0.3, 0.4) is 0 Å². The van der Waals surface area contributed by atoms with Crippen molar-refractivity contribution in [2.45, 2.75) is 51.4 Å². The Labute approximate surface area is 115 Å². The fourth-order valence-corrected chi connectivity index (χ4v) is 2.83. The first-order valence-electron chi connectivity index (χ1n) is 7.12. The average molecular weight is 266 g/mol. The van der Waals surface area contributed by atoms with Crippen LogP contribution in [0.2, 0.25) is 0 Å². The van der Waals surface area contributed by atoms with E-state index in [9.17, 15) is 0 Å². The molecule has 5 heteroatoms. The van der Waals surface area contributed by atoms with E-state index in [0.717, 1.165) is 13.0 Å². The normalized spacial score (nSPS) is 25.4. The molecule has 3 unspecified atom stereocenters. The summed E-state index contributed by atoms with van der Waals surface area (Å²) in [6, 6.07) is 1.03. The van der Waals surface area contributed by atoms with Crippen molar-refractivity contribution in [1.82, 2.24) is 14.7 Å². The fourth-order valence-electron chi connectivity index (χ4n) is 2.83. The second kappa shape index (κ2) is 6.03. The Bertz CT molecular complexity index is 404. The zero-order valence-corrected chi connectivity index (χ0v) is 12.4. The highest BCUT2D eigenvalue weighted by atomic mass is 16.5. The average Bonchev–Trinajstić information content (AvgIpc) is 2.99. The molecule has 1 aromatic heterocycles. The molecule has 1 saturated heterocycles. The molecule has 0 amide bonds. The molecule has 3 atom stereocenters. The van der Waals surface area contributed by atoms with Gasteiger partial charge in [-0.2, -0.15) is 5.10 Å². The number of rotatable bonds is 5. The molecule has 1 aromatic rings. The van der Waals surface area contributed by atoms with Gasteiger partial charge in [-0.05, 0) is 34.2 Å². The molecular formula is C14H26N4O. The third-order valence-electron chi connectivity index (χ3n) is 4.11. The summed E-state index contributed by atoms with van der Waals surface area (Å²) in [5.74, 6) is 0. The van der Waals surface area contributed by atoms with Gasteiger partial charge in [0.1, 0.15) is 0 Å². The largest absolute Gasteiger partial charge is 0.377 e. The summed E-state index contributed by atoms with van der Waals surface area (Å²) in [6.45, 7) is 7.84. The van der Waals surface area contributed by atoms with Crippen molar-refractivity contribution in [2.75, 3.05) is 20.2 Å². The molecule has 5 nitrogen and oxygen atoms in total. The number of aromatic nitrogens is 2. The van der Waals surface area contributed by atoms with E-state index in [2.05, 4.69) is 44.0 Å². The number of nitrogens with zero attached hydrogens (tertiary/aromatic N) is 3. The standard InChI is InChI=1S/C14H26N4O/c1-10(2)18-9-12(8-16-18)14(7-15)17(4)13-5-6-19-11(13)3/h8-11,13-14H,5-7,15H2,1-4H3. The number of ether oxygens (including phenoxy) is 1. The summed E-state index contributed by atoms with van der Waals surface area (Å²) >= 11 is 0. The Hall–Kier alpha value is -0.910. The molecule has 19 heavy (non-hydrogen) atoms. The monoisotopic (exact) mass is 266 g/mol. The fraction of sp³-hybridized carbons (Fsp3) is 0.786. The lowest BCUT2D eigenvalue weighted by atomic mass is 10.0. The van der Waals surface area contributed by atoms with Gasteiger partial charge in [0, 0.05) is 37.0 Å². The summed E-state index contributed by atoms with van der Waals surface area (Å²) in [5.41, 5.74) is 7.18. The molecule has 0 aromatic carbocycles. The van der Waals surface area contributed by atoms with Gasteiger partial charge in [0.05, 0.1) is 18.3 Å². The Kier molecular flexibility index (Phi) is 4.60. The lowest BCUT2D eigenvalue weighted by Gasteiger charge is -2.33. The van der Waals surface area contributed by atoms with Crippen molar-refractivity contribution >= 4 is 0 Å². The third kappa shape index (κ3) is 2.99. The minimum atomic E-state index is 0.210. The van der Waals surface area contributed by atoms with Crippen molar-refractivity contribution in [2.24, 2.45) is 5.73 Å². The van der Waals surface area contributed by atoms with Gasteiger partial charge in [0.25, 0.3) is 0 Å². The predicted molar refractivity (Wildman–Crippen MR) is 76.0 cm³/mol. The van der Waals surface area contributed by atoms with Gasteiger partial charge >= 0.3 is 0 Å². The van der Waals surface area contributed by atoms with Crippen LogP contribution in [0.4, 0.5) is 0 Å². The molecule has 0 saturated carbocycles. The van der Waals surface area contributed by atoms with Crippen LogP contribution in [-0.2, 0) is 4.74 Å². The molecule has 0 aliphatic carbocycles. The van der Waals surface area contributed by atoms with E-state index in [4.69, 9.17) is 10.5 Å². The first-order chi connectivity index (χ1) is 9.04. The molecule has 0 spiro atoms. The van der Waals surface area contributed by atoms with Crippen LogP contribution in [0, 0.1) is 0 Å². The molecule has 0 bridgehead atoms. The minimum absolute atomic E-state index is 0.210. The van der Waals surface area contributed by atoms with Crippen LogP contribution in [0.15, 0.2) is 12.4 Å². The van der Waals surface area contributed by atoms with E-state index < -0.39 is 0 Å². The summed E-state index contributed by atoms with van der Waals surface area (Å²) in [4.78, 5) is 2.35. The molecule has 2 heterocycles. The quantitative estimate of drug-likeness (QED) is 0.879. The lowest BCUT2D eigenvalue weighted by Crippen LogP contribution is -2.41. The van der Waals surface area contributed by atoms with E-state index in [0.29, 0.717) is 18.6 Å². The van der Waals surface area contributed by atoms with E-state index in [-0.39, 0.29) is 12.1 Å². The maximum absolute atomic E-state index is 5.98. The molecule has 108 valence electrons. The first-order valence-corrected chi connectivity index (χ1v) is 7.12. The number of hydrogen-bond acceptors (Lipinski definition) is 4. The van der Waals surface area contributed by atoms with Crippen LogP contribution in [-0.4, -0.2) is 47.0 Å². The van der Waals surface area contributed by atoms with Crippen LogP contribution in [0.5, 0.6) is 0 Å². The Morgan fingerprint density at radius 1 is 1.58 bits per heavy atom. The van der Waals surface area contributed by atoms with Crippen molar-refractivity contribution in [3.63, 3.8) is 0 Å². The molecular weight excluding hydrogens is 240 g/mol. The first kappa shape index (κ1) is 14.5. The van der Waals surface area contributed by atoms with Crippen LogP contribution < -0.4 is 5.73 Å². The van der Waals surface area contributed by atoms with Gasteiger partial charge in [-0.3, -0.25) is 9.58 Å². The van der Waals surface area contributed by atoms with E-state index in [1.807, 2.05) is 10.9 Å². The lowest BCUT2D eigenvalue weighted by molar-refractivity contribution is 0.0686. The van der Waals surface area contributed by atoms with Gasteiger partial charge < -0.3 is 10.5 Å². The van der Waals surface area contributed by atoms with E-state index >= 15 is 0 Å². The third-order valence-corrected chi connectivity index (χ3v) is 4.11. The Morgan fingerprint density at radius 2 is 2.32 bits per heavy atom. The summed E-state index contributed by atoms with van der Waals surface area (Å²) in [7, 11) is 2.14. The summed E-state index contributed by atoms with van der Waals surface area (Å²) in [6.07, 6.45) is 5.40. The Morgan fingerprint density at radius 3 is 2.79 bits per heavy atom. The van der Waals surface area contributed by atoms with E-state index in [1.165, 1.54) is 5.56 Å². The van der Waals surface area contributed by atoms with Crippen LogP contribution >= 0.6 is 0 Å². The number of hydrogen-bond donors (Lipinski definition) is 1. The molecule has 1 aliphatic rings. The topological polar surface area (TPSA) is 56.3 Å². The highest BCUT2D eigenvalue weighted by Crippen LogP contribution is 2.27. The maximum atomic E-state index is 5.98. The minimum Gasteiger partial charge on any atom is -0.377 e. The van der Waals surface area contributed by atoms with Crippen molar-refractivity contribution < 1.29 is 4.74 Å². The molecule has 1 aliphatic heterocycles. The zero-order valence-electron chi connectivity index (χ0n) is 12.4. The highest BCUT2D eigenvalue weighted by Gasteiger charge is 2.32. The second-order valence-corrected chi connectivity index (χ2v) is 5.70.